The van der Waals surface area contributed by atoms with Gasteiger partial charge in [-0.3, -0.25) is 0 Å². The molecular formula is C17H15Cl2NO4. The van der Waals surface area contributed by atoms with Crippen LogP contribution in [-0.4, -0.2) is 27.6 Å². The van der Waals surface area contributed by atoms with Crippen molar-refractivity contribution in [2.45, 2.75) is 26.4 Å². The highest BCUT2D eigenvalue weighted by Gasteiger charge is 2.21. The maximum absolute atomic E-state index is 12.3. The summed E-state index contributed by atoms with van der Waals surface area (Å²) < 4.78 is 5.32. The number of carboxylic acid groups (broad SMARTS) is 1. The number of hydrogen-bond acceptors (Lipinski definition) is 4. The molecule has 0 bridgehead atoms. The molecular weight excluding hydrogens is 353 g/mol. The molecule has 1 aromatic heterocycles. The van der Waals surface area contributed by atoms with Crippen molar-refractivity contribution in [3.8, 4) is 11.3 Å². The maximum atomic E-state index is 12.3. The molecule has 0 saturated carbocycles. The van der Waals surface area contributed by atoms with Crippen LogP contribution in [0.4, 0.5) is 0 Å². The van der Waals surface area contributed by atoms with E-state index in [2.05, 4.69) is 4.98 Å². The van der Waals surface area contributed by atoms with Crippen molar-refractivity contribution in [3.63, 3.8) is 0 Å². The van der Waals surface area contributed by atoms with Crippen molar-refractivity contribution >= 4 is 35.1 Å². The molecule has 24 heavy (non-hydrogen) atoms. The molecule has 7 heteroatoms. The fourth-order valence-corrected chi connectivity index (χ4v) is 2.31. The Kier molecular flexibility index (Phi) is 5.16. The summed E-state index contributed by atoms with van der Waals surface area (Å²) in [5.74, 6) is -1.80. The number of nitrogens with zero attached hydrogens (tertiary/aromatic N) is 1. The number of carboxylic acids is 1. The number of ether oxygens (including phenoxy) is 1. The monoisotopic (exact) mass is 367 g/mol. The predicted octanol–water partition coefficient (Wildman–Crippen LogP) is 4.71. The third-order valence-corrected chi connectivity index (χ3v) is 3.56. The number of carbonyl (C=O) groups is 2. The fourth-order valence-electron chi connectivity index (χ4n) is 1.93. The molecule has 0 aliphatic carbocycles. The number of aromatic carboxylic acids is 1. The summed E-state index contributed by atoms with van der Waals surface area (Å²) in [6, 6.07) is 7.69. The smallest absolute Gasteiger partial charge is 0.356 e. The van der Waals surface area contributed by atoms with E-state index in [1.165, 1.54) is 18.2 Å². The Balaban J connectivity index is 2.47. The standard InChI is InChI=1S/C17H15Cl2NO4/c1-17(2,3)24-16(23)10-8-9(4-5-11(10)18)13-7-6-12(19)14(20-13)15(21)22/h4-8H,1-3H3,(H,21,22). The van der Waals surface area contributed by atoms with Crippen LogP contribution in [0, 0.1) is 0 Å². The summed E-state index contributed by atoms with van der Waals surface area (Å²) in [7, 11) is 0. The van der Waals surface area contributed by atoms with Crippen molar-refractivity contribution in [1.82, 2.24) is 4.98 Å². The van der Waals surface area contributed by atoms with Crippen LogP contribution in [-0.2, 0) is 4.74 Å². The van der Waals surface area contributed by atoms with Crippen LogP contribution in [0.5, 0.6) is 0 Å². The summed E-state index contributed by atoms with van der Waals surface area (Å²) in [6.07, 6.45) is 0. The van der Waals surface area contributed by atoms with Crippen molar-refractivity contribution in [1.29, 1.82) is 0 Å². The average Bonchev–Trinajstić information content (AvgIpc) is 2.46. The largest absolute Gasteiger partial charge is 0.476 e. The lowest BCUT2D eigenvalue weighted by molar-refractivity contribution is 0.00696. The van der Waals surface area contributed by atoms with E-state index in [9.17, 15) is 9.59 Å². The van der Waals surface area contributed by atoms with Gasteiger partial charge in [0.1, 0.15) is 5.60 Å². The van der Waals surface area contributed by atoms with Crippen LogP contribution in [0.15, 0.2) is 30.3 Å². The Bertz CT molecular complexity index is 813. The Labute approximate surface area is 149 Å². The highest BCUT2D eigenvalue weighted by molar-refractivity contribution is 6.34. The molecule has 5 nitrogen and oxygen atoms in total. The van der Waals surface area contributed by atoms with E-state index < -0.39 is 17.5 Å². The van der Waals surface area contributed by atoms with E-state index in [0.717, 1.165) is 0 Å². The zero-order valence-corrected chi connectivity index (χ0v) is 14.8. The Morgan fingerprint density at radius 3 is 2.29 bits per heavy atom. The predicted molar refractivity (Wildman–Crippen MR) is 91.8 cm³/mol. The first kappa shape index (κ1) is 18.2. The van der Waals surface area contributed by atoms with E-state index in [-0.39, 0.29) is 21.3 Å². The number of benzene rings is 1. The van der Waals surface area contributed by atoms with Gasteiger partial charge in [0.15, 0.2) is 5.69 Å². The second kappa shape index (κ2) is 6.79. The summed E-state index contributed by atoms with van der Waals surface area (Å²) >= 11 is 11.9. The van der Waals surface area contributed by atoms with Gasteiger partial charge in [0.25, 0.3) is 0 Å². The maximum Gasteiger partial charge on any atom is 0.356 e. The molecule has 0 atom stereocenters. The third-order valence-electron chi connectivity index (χ3n) is 2.93. The lowest BCUT2D eigenvalue weighted by atomic mass is 10.1. The molecule has 1 N–H and O–H groups in total. The minimum absolute atomic E-state index is 0.0348. The Morgan fingerprint density at radius 2 is 1.71 bits per heavy atom. The Morgan fingerprint density at radius 1 is 1.08 bits per heavy atom. The number of rotatable bonds is 3. The van der Waals surface area contributed by atoms with Gasteiger partial charge in [-0.2, -0.15) is 0 Å². The number of aromatic nitrogens is 1. The molecule has 0 spiro atoms. The molecule has 2 aromatic rings. The van der Waals surface area contributed by atoms with Crippen LogP contribution in [0.3, 0.4) is 0 Å². The van der Waals surface area contributed by atoms with Crippen molar-refractivity contribution in [2.24, 2.45) is 0 Å². The molecule has 2 rings (SSSR count). The minimum atomic E-state index is -1.23. The lowest BCUT2D eigenvalue weighted by Crippen LogP contribution is -2.24. The first-order valence-electron chi connectivity index (χ1n) is 7.01. The second-order valence-electron chi connectivity index (χ2n) is 6.03. The second-order valence-corrected chi connectivity index (χ2v) is 6.84. The molecule has 0 aliphatic heterocycles. The summed E-state index contributed by atoms with van der Waals surface area (Å²) in [5.41, 5.74) is 0.143. The topological polar surface area (TPSA) is 76.5 Å². The van der Waals surface area contributed by atoms with E-state index in [1.807, 2.05) is 0 Å². The zero-order valence-electron chi connectivity index (χ0n) is 13.3. The van der Waals surface area contributed by atoms with Crippen molar-refractivity contribution in [2.75, 3.05) is 0 Å². The van der Waals surface area contributed by atoms with Crippen LogP contribution in [0.1, 0.15) is 41.6 Å². The van der Waals surface area contributed by atoms with Gasteiger partial charge >= 0.3 is 11.9 Å². The van der Waals surface area contributed by atoms with E-state index in [4.69, 9.17) is 33.0 Å². The Hall–Kier alpha value is -2.11. The SMILES string of the molecule is CC(C)(C)OC(=O)c1cc(-c2ccc(Cl)c(C(=O)O)n2)ccc1Cl. The minimum Gasteiger partial charge on any atom is -0.476 e. The van der Waals surface area contributed by atoms with Gasteiger partial charge in [0, 0.05) is 5.56 Å². The van der Waals surface area contributed by atoms with Crippen molar-refractivity contribution < 1.29 is 19.4 Å². The fraction of sp³-hybridized carbons (Fsp3) is 0.235. The summed E-state index contributed by atoms with van der Waals surface area (Å²) in [4.78, 5) is 27.4. The highest BCUT2D eigenvalue weighted by atomic mass is 35.5. The number of hydrogen-bond donors (Lipinski definition) is 1. The van der Waals surface area contributed by atoms with Gasteiger partial charge < -0.3 is 9.84 Å². The number of pyridine rings is 1. The molecule has 0 radical (unpaired) electrons. The first-order valence-corrected chi connectivity index (χ1v) is 7.77. The number of carbonyl (C=O) groups excluding carboxylic acids is 1. The molecule has 126 valence electrons. The first-order chi connectivity index (χ1) is 11.1. The van der Waals surface area contributed by atoms with Gasteiger partial charge in [-0.25, -0.2) is 14.6 Å². The van der Waals surface area contributed by atoms with Crippen molar-refractivity contribution in [3.05, 3.63) is 51.6 Å². The molecule has 0 amide bonds. The normalized spacial score (nSPS) is 11.2. The van der Waals surface area contributed by atoms with Gasteiger partial charge in [-0.15, -0.1) is 0 Å². The quantitative estimate of drug-likeness (QED) is 0.794. The molecule has 0 fully saturated rings. The molecule has 1 heterocycles. The zero-order chi connectivity index (χ0) is 18.1. The summed E-state index contributed by atoms with van der Waals surface area (Å²) in [5, 5.41) is 9.38. The molecule has 0 unspecified atom stereocenters. The van der Waals surface area contributed by atoms with Crippen LogP contribution in [0.2, 0.25) is 10.0 Å². The van der Waals surface area contributed by atoms with E-state index in [1.54, 1.807) is 32.9 Å². The molecule has 1 aromatic carbocycles. The van der Waals surface area contributed by atoms with Gasteiger partial charge in [0.2, 0.25) is 0 Å². The van der Waals surface area contributed by atoms with Crippen LogP contribution in [0.25, 0.3) is 11.3 Å². The molecule has 0 aliphatic rings. The lowest BCUT2D eigenvalue weighted by Gasteiger charge is -2.20. The number of halogens is 2. The van der Waals surface area contributed by atoms with E-state index >= 15 is 0 Å². The summed E-state index contributed by atoms with van der Waals surface area (Å²) in [6.45, 7) is 5.26. The third kappa shape index (κ3) is 4.24. The highest BCUT2D eigenvalue weighted by Crippen LogP contribution is 2.27. The van der Waals surface area contributed by atoms with E-state index in [0.29, 0.717) is 11.3 Å². The number of esters is 1. The molecule has 0 saturated heterocycles. The van der Waals surface area contributed by atoms with Gasteiger partial charge in [-0.05, 0) is 45.0 Å². The average molecular weight is 368 g/mol. The van der Waals surface area contributed by atoms with Crippen LogP contribution >= 0.6 is 23.2 Å². The van der Waals surface area contributed by atoms with Gasteiger partial charge in [0.05, 0.1) is 21.3 Å². The van der Waals surface area contributed by atoms with Crippen LogP contribution < -0.4 is 0 Å². The van der Waals surface area contributed by atoms with Gasteiger partial charge in [-0.1, -0.05) is 29.3 Å².